The molecule has 3 aromatic carbocycles. The molecule has 0 unspecified atom stereocenters. The predicted molar refractivity (Wildman–Crippen MR) is 129 cm³/mol. The van der Waals surface area contributed by atoms with Crippen LogP contribution in [0.15, 0.2) is 60.7 Å². The highest BCUT2D eigenvalue weighted by Crippen LogP contribution is 2.40. The maximum atomic E-state index is 13.1. The van der Waals surface area contributed by atoms with Crippen LogP contribution < -0.4 is 30.6 Å². The first-order valence-corrected chi connectivity index (χ1v) is 10.9. The second-order valence-electron chi connectivity index (χ2n) is 7.70. The number of hydrogen-bond acceptors (Lipinski definition) is 6. The van der Waals surface area contributed by atoms with Crippen LogP contribution in [0.5, 0.6) is 17.2 Å². The van der Waals surface area contributed by atoms with Gasteiger partial charge >= 0.3 is 0 Å². The van der Waals surface area contributed by atoms with Crippen LogP contribution >= 0.6 is 11.6 Å². The number of ether oxygens (including phenoxy) is 3. The number of nitrogens with one attached hydrogen (secondary N) is 2. The van der Waals surface area contributed by atoms with Crippen LogP contribution in [0, 0.1) is 0 Å². The number of halogens is 1. The minimum atomic E-state index is -0.878. The minimum Gasteiger partial charge on any atom is -0.493 e. The van der Waals surface area contributed by atoms with Gasteiger partial charge in [0, 0.05) is 34.4 Å². The summed E-state index contributed by atoms with van der Waals surface area (Å²) in [5.74, 6) is 0.733. The number of amides is 2. The van der Waals surface area contributed by atoms with Gasteiger partial charge in [0.05, 0.1) is 20.3 Å². The van der Waals surface area contributed by atoms with Gasteiger partial charge in [-0.3, -0.25) is 9.59 Å². The molecule has 34 heavy (non-hydrogen) atoms. The minimum absolute atomic E-state index is 0.309. The Hall–Kier alpha value is -3.75. The van der Waals surface area contributed by atoms with Crippen LogP contribution in [-0.4, -0.2) is 32.1 Å². The standard InChI is InChI=1S/C25H24ClN3O5/c1-32-20-11-18-19(12-21(20)33-2)29-25(31)23(34-17-9-7-16(26)8-10-17)22(18)28-13-14-3-5-15(6-4-14)24(27)30/h3-12,22-23,28H,13H2,1-2H3,(H2,27,30)(H,29,31)/t22-,23+/m0/s1. The molecule has 3 aromatic rings. The van der Waals surface area contributed by atoms with E-state index in [1.165, 1.54) is 7.11 Å². The third kappa shape index (κ3) is 4.93. The zero-order valence-corrected chi connectivity index (χ0v) is 19.4. The first kappa shape index (κ1) is 23.4. The maximum absolute atomic E-state index is 13.1. The Morgan fingerprint density at radius 1 is 1.03 bits per heavy atom. The van der Waals surface area contributed by atoms with Crippen molar-refractivity contribution in [3.05, 3.63) is 82.4 Å². The molecule has 1 aliphatic rings. The van der Waals surface area contributed by atoms with Gasteiger partial charge < -0.3 is 30.6 Å². The van der Waals surface area contributed by atoms with Crippen molar-refractivity contribution in [2.24, 2.45) is 5.73 Å². The van der Waals surface area contributed by atoms with E-state index in [0.29, 0.717) is 40.1 Å². The van der Waals surface area contributed by atoms with E-state index in [2.05, 4.69) is 10.6 Å². The molecular formula is C25H24ClN3O5. The van der Waals surface area contributed by atoms with Crippen molar-refractivity contribution in [3.8, 4) is 17.2 Å². The first-order chi connectivity index (χ1) is 16.4. The van der Waals surface area contributed by atoms with Crippen molar-refractivity contribution in [1.29, 1.82) is 0 Å². The SMILES string of the molecule is COc1cc2c(cc1OC)[C@H](NCc1ccc(C(N)=O)cc1)[C@@H](Oc1ccc(Cl)cc1)C(=O)N2. The fourth-order valence-electron chi connectivity index (χ4n) is 3.79. The monoisotopic (exact) mass is 481 g/mol. The van der Waals surface area contributed by atoms with E-state index in [1.807, 2.05) is 6.07 Å². The van der Waals surface area contributed by atoms with Gasteiger partial charge in [0.1, 0.15) is 5.75 Å². The molecule has 1 aliphatic heterocycles. The van der Waals surface area contributed by atoms with E-state index in [9.17, 15) is 9.59 Å². The molecule has 176 valence electrons. The Morgan fingerprint density at radius 2 is 1.68 bits per heavy atom. The molecule has 0 saturated heterocycles. The van der Waals surface area contributed by atoms with E-state index in [0.717, 1.165) is 11.1 Å². The average Bonchev–Trinajstić information content (AvgIpc) is 2.84. The van der Waals surface area contributed by atoms with Crippen molar-refractivity contribution in [2.75, 3.05) is 19.5 Å². The van der Waals surface area contributed by atoms with E-state index in [-0.39, 0.29) is 5.91 Å². The van der Waals surface area contributed by atoms with Gasteiger partial charge in [0.15, 0.2) is 17.6 Å². The normalized spacial score (nSPS) is 16.9. The molecule has 9 heteroatoms. The van der Waals surface area contributed by atoms with Crippen LogP contribution in [-0.2, 0) is 11.3 Å². The molecule has 0 radical (unpaired) electrons. The third-order valence-corrected chi connectivity index (χ3v) is 5.80. The fraction of sp³-hybridized carbons (Fsp3) is 0.200. The number of nitrogens with two attached hydrogens (primary N) is 1. The largest absolute Gasteiger partial charge is 0.493 e. The maximum Gasteiger partial charge on any atom is 0.267 e. The van der Waals surface area contributed by atoms with Crippen molar-refractivity contribution >= 4 is 29.1 Å². The molecule has 0 aromatic heterocycles. The Bertz CT molecular complexity index is 1200. The Labute approximate surface area is 202 Å². The summed E-state index contributed by atoms with van der Waals surface area (Å²) >= 11 is 5.99. The summed E-state index contributed by atoms with van der Waals surface area (Å²) in [5, 5.41) is 6.88. The number of methoxy groups -OCH3 is 2. The summed E-state index contributed by atoms with van der Waals surface area (Å²) in [5.41, 5.74) is 8.04. The number of carbonyl (C=O) groups is 2. The lowest BCUT2D eigenvalue weighted by Crippen LogP contribution is -2.47. The predicted octanol–water partition coefficient (Wildman–Crippen LogP) is 3.69. The molecule has 2 atom stereocenters. The van der Waals surface area contributed by atoms with E-state index >= 15 is 0 Å². The number of primary amides is 1. The van der Waals surface area contributed by atoms with Crippen LogP contribution in [0.1, 0.15) is 27.5 Å². The van der Waals surface area contributed by atoms with Crippen molar-refractivity contribution < 1.29 is 23.8 Å². The van der Waals surface area contributed by atoms with Crippen LogP contribution in [0.3, 0.4) is 0 Å². The third-order valence-electron chi connectivity index (χ3n) is 5.55. The number of hydrogen-bond donors (Lipinski definition) is 3. The number of anilines is 1. The molecule has 0 aliphatic carbocycles. The second-order valence-corrected chi connectivity index (χ2v) is 8.13. The molecule has 0 saturated carbocycles. The highest BCUT2D eigenvalue weighted by molar-refractivity contribution is 6.30. The number of carbonyl (C=O) groups excluding carboxylic acids is 2. The first-order valence-electron chi connectivity index (χ1n) is 10.5. The Balaban J connectivity index is 1.67. The lowest BCUT2D eigenvalue weighted by Gasteiger charge is -2.34. The smallest absolute Gasteiger partial charge is 0.267 e. The summed E-state index contributed by atoms with van der Waals surface area (Å²) < 4.78 is 17.0. The van der Waals surface area contributed by atoms with Gasteiger partial charge in [-0.1, -0.05) is 23.7 Å². The zero-order chi connectivity index (χ0) is 24.2. The van der Waals surface area contributed by atoms with E-state index in [1.54, 1.807) is 61.7 Å². The van der Waals surface area contributed by atoms with Gasteiger partial charge in [0.25, 0.3) is 5.91 Å². The molecule has 1 heterocycles. The molecule has 4 N–H and O–H groups in total. The molecule has 2 amide bonds. The van der Waals surface area contributed by atoms with Crippen molar-refractivity contribution in [1.82, 2.24) is 5.32 Å². The molecule has 0 bridgehead atoms. The number of rotatable bonds is 8. The topological polar surface area (TPSA) is 112 Å². The second kappa shape index (κ2) is 10.0. The molecular weight excluding hydrogens is 458 g/mol. The summed E-state index contributed by atoms with van der Waals surface area (Å²) in [6, 6.07) is 16.8. The van der Waals surface area contributed by atoms with Crippen molar-refractivity contribution in [2.45, 2.75) is 18.7 Å². The molecule has 0 fully saturated rings. The van der Waals surface area contributed by atoms with E-state index in [4.69, 9.17) is 31.5 Å². The van der Waals surface area contributed by atoms with Gasteiger partial charge in [0.2, 0.25) is 5.91 Å². The summed E-state index contributed by atoms with van der Waals surface area (Å²) in [4.78, 5) is 24.5. The van der Waals surface area contributed by atoms with E-state index < -0.39 is 18.1 Å². The van der Waals surface area contributed by atoms with Gasteiger partial charge in [-0.25, -0.2) is 0 Å². The van der Waals surface area contributed by atoms with Crippen molar-refractivity contribution in [3.63, 3.8) is 0 Å². The molecule has 0 spiro atoms. The van der Waals surface area contributed by atoms with Crippen LogP contribution in [0.25, 0.3) is 0 Å². The highest BCUT2D eigenvalue weighted by atomic mass is 35.5. The Morgan fingerprint density at radius 3 is 2.29 bits per heavy atom. The van der Waals surface area contributed by atoms with Crippen LogP contribution in [0.2, 0.25) is 5.02 Å². The lowest BCUT2D eigenvalue weighted by atomic mass is 9.93. The Kier molecular flexibility index (Phi) is 6.90. The number of fused-ring (bicyclic) bond motifs is 1. The summed E-state index contributed by atoms with van der Waals surface area (Å²) in [7, 11) is 3.09. The summed E-state index contributed by atoms with van der Waals surface area (Å²) in [6.45, 7) is 0.408. The van der Waals surface area contributed by atoms with Gasteiger partial charge in [-0.15, -0.1) is 0 Å². The quantitative estimate of drug-likeness (QED) is 0.452. The summed E-state index contributed by atoms with van der Waals surface area (Å²) in [6.07, 6.45) is -0.878. The van der Waals surface area contributed by atoms with Gasteiger partial charge in [-0.2, -0.15) is 0 Å². The fourth-order valence-corrected chi connectivity index (χ4v) is 3.92. The van der Waals surface area contributed by atoms with Gasteiger partial charge in [-0.05, 0) is 48.0 Å². The number of benzene rings is 3. The zero-order valence-electron chi connectivity index (χ0n) is 18.6. The molecule has 4 rings (SSSR count). The van der Waals surface area contributed by atoms with Crippen LogP contribution in [0.4, 0.5) is 5.69 Å². The highest BCUT2D eigenvalue weighted by Gasteiger charge is 2.38. The lowest BCUT2D eigenvalue weighted by molar-refractivity contribution is -0.124. The average molecular weight is 482 g/mol. The molecule has 8 nitrogen and oxygen atoms in total.